The van der Waals surface area contributed by atoms with Crippen LogP contribution in [-0.4, -0.2) is 22.4 Å². The maximum absolute atomic E-state index is 6.84. The molecule has 11 aliphatic rings. The van der Waals surface area contributed by atoms with Crippen LogP contribution in [0.2, 0.25) is 0 Å². The molecule has 14 aromatic rings. The summed E-state index contributed by atoms with van der Waals surface area (Å²) in [4.78, 5) is 10.6. The molecule has 10 fully saturated rings. The summed E-state index contributed by atoms with van der Waals surface area (Å²) < 4.78 is 38.5. The molecule has 1 aliphatic heterocycles. The minimum atomic E-state index is -0.167. The van der Waals surface area contributed by atoms with Crippen LogP contribution in [0.3, 0.4) is 0 Å². The van der Waals surface area contributed by atoms with E-state index in [1.807, 2.05) is 0 Å². The Hall–Kier alpha value is -9.22. The minimum absolute atomic E-state index is 0.00854. The Morgan fingerprint density at radius 1 is 0.308 bits per heavy atom. The lowest BCUT2D eigenvalue weighted by Crippen LogP contribution is -2.59. The lowest BCUT2D eigenvalue weighted by molar-refractivity contribution is -0.145. The normalized spacial score (nSPS) is 24.6. The van der Waals surface area contributed by atoms with Gasteiger partial charge in [0.1, 0.15) is 56.3 Å². The first kappa shape index (κ1) is 76.5. The average molecular weight is 1620 g/mol. The van der Waals surface area contributed by atoms with Crippen LogP contribution in [0, 0.1) is 47.3 Å². The van der Waals surface area contributed by atoms with E-state index < -0.39 is 0 Å². The molecule has 0 atom stereocenters. The lowest BCUT2D eigenvalue weighted by atomic mass is 9.50. The Morgan fingerprint density at radius 2 is 0.624 bits per heavy atom. The van der Waals surface area contributed by atoms with Gasteiger partial charge in [0.15, 0.2) is 59.7 Å². The van der Waals surface area contributed by atoms with Gasteiger partial charge in [-0.1, -0.05) is 123 Å². The van der Waals surface area contributed by atoms with E-state index in [1.54, 1.807) is 0 Å². The zero-order valence-electron chi connectivity index (χ0n) is 68.3. The molecule has 10 aliphatic carbocycles. The number of thiophene rings is 2. The van der Waals surface area contributed by atoms with Gasteiger partial charge in [-0.2, -0.15) is 0 Å². The van der Waals surface area contributed by atoms with Crippen molar-refractivity contribution in [2.24, 2.45) is 47.3 Å². The second kappa shape index (κ2) is 32.5. The zero-order chi connectivity index (χ0) is 78.7. The molecule has 3 heterocycles. The molecule has 0 amide bonds. The maximum atomic E-state index is 6.84. The number of hydrogen-bond acceptors (Lipinski definition) is 5. The van der Waals surface area contributed by atoms with E-state index in [-0.39, 0.29) is 65.1 Å². The van der Waals surface area contributed by atoms with Crippen molar-refractivity contribution in [3.05, 3.63) is 303 Å². The van der Waals surface area contributed by atoms with E-state index in [9.17, 15) is 0 Å². The molecule has 0 saturated heterocycles. The SMILES string of the molecule is CC1(Oc2ccc(-[s+]3c4ccccc4c4ccccc43)cc2)C2CC3CC(C2)CC1C3.CC1(Oc2ccc(-[s+]3c4ccccc4c4ccccc43)cc2)CCCCC1.CC1(Oc2ccc([S+]3c4ccccc4Oc4ccccc43)cc2)C2CC3CC(C2)CC1C3.CCC1(Oc2ccc([S+](c3ccccc3)c3ccccc3)cc2)CCCC1. The van der Waals surface area contributed by atoms with Crippen LogP contribution in [0.1, 0.15) is 156 Å². The highest BCUT2D eigenvalue weighted by molar-refractivity contribution is 7.97. The van der Waals surface area contributed by atoms with E-state index in [0.29, 0.717) is 0 Å². The average Bonchev–Trinajstić information content (AvgIpc) is 1.76. The summed E-state index contributed by atoms with van der Waals surface area (Å²) in [5.41, 5.74) is 0.107. The lowest BCUT2D eigenvalue weighted by Gasteiger charge is -2.59. The quantitative estimate of drug-likeness (QED) is 0.0957. The predicted octanol–water partition coefficient (Wildman–Crippen LogP) is 30.5. The number of rotatable bonds is 15. The molecular weight excluding hydrogens is 1510 g/mol. The van der Waals surface area contributed by atoms with Gasteiger partial charge >= 0.3 is 0 Å². The van der Waals surface area contributed by atoms with E-state index in [0.717, 1.165) is 88.3 Å². The molecule has 592 valence electrons. The fraction of sp³-hybridized carbons (Fsp3) is 0.333. The Morgan fingerprint density at radius 3 is 1.02 bits per heavy atom. The van der Waals surface area contributed by atoms with Crippen LogP contribution in [-0.2, 0) is 21.8 Å². The molecular formula is C108H110O5S4+4. The monoisotopic (exact) mass is 1610 g/mol. The Kier molecular flexibility index (Phi) is 21.2. The number of para-hydroxylation sites is 2. The third kappa shape index (κ3) is 15.1. The molecule has 117 heavy (non-hydrogen) atoms. The van der Waals surface area contributed by atoms with Crippen LogP contribution < -0.4 is 23.7 Å². The third-order valence-corrected chi connectivity index (χ3v) is 37.7. The second-order valence-corrected chi connectivity index (χ2v) is 43.8. The van der Waals surface area contributed by atoms with Crippen molar-refractivity contribution in [3.63, 3.8) is 0 Å². The van der Waals surface area contributed by atoms with Crippen molar-refractivity contribution in [2.75, 3.05) is 0 Å². The number of fused-ring (bicyclic) bond motifs is 8. The summed E-state index contributed by atoms with van der Waals surface area (Å²) in [6.07, 6.45) is 26.3. The van der Waals surface area contributed by atoms with E-state index in [2.05, 4.69) is 331 Å². The van der Waals surface area contributed by atoms with Gasteiger partial charge < -0.3 is 23.7 Å². The van der Waals surface area contributed by atoms with Gasteiger partial charge in [0, 0.05) is 66.8 Å². The summed E-state index contributed by atoms with van der Waals surface area (Å²) in [6, 6.07) is 110. The summed E-state index contributed by atoms with van der Waals surface area (Å²) >= 11 is 0. The van der Waals surface area contributed by atoms with Gasteiger partial charge in [0.05, 0.1) is 10.9 Å². The van der Waals surface area contributed by atoms with E-state index >= 15 is 0 Å². The molecule has 0 unspecified atom stereocenters. The third-order valence-electron chi connectivity index (χ3n) is 28.5. The van der Waals surface area contributed by atoms with Crippen molar-refractivity contribution in [3.8, 4) is 44.3 Å². The highest BCUT2D eigenvalue weighted by Gasteiger charge is 2.58. The Bertz CT molecular complexity index is 5550. The number of hydrogen-bond donors (Lipinski definition) is 0. The van der Waals surface area contributed by atoms with Crippen molar-refractivity contribution in [1.82, 2.24) is 0 Å². The highest BCUT2D eigenvalue weighted by Crippen LogP contribution is 2.62. The Labute approximate surface area is 704 Å². The van der Waals surface area contributed by atoms with Crippen molar-refractivity contribution >= 4 is 83.1 Å². The van der Waals surface area contributed by atoms with Crippen LogP contribution in [0.15, 0.2) is 333 Å². The Balaban J connectivity index is 0.000000101. The van der Waals surface area contributed by atoms with Gasteiger partial charge in [0.2, 0.25) is 9.79 Å². The summed E-state index contributed by atoms with van der Waals surface area (Å²) in [5.74, 6) is 12.9. The molecule has 0 N–H and O–H groups in total. The van der Waals surface area contributed by atoms with E-state index in [1.165, 1.54) is 202 Å². The topological polar surface area (TPSA) is 46.2 Å². The first-order chi connectivity index (χ1) is 57.4. The summed E-state index contributed by atoms with van der Waals surface area (Å²) in [7, 11) is -0.308. The standard InChI is InChI=1S/C29H29O2S.C29H29OS.C25H25OS.C25H27OS/c1-29(21-15-19-14-20(17-21)18-22(29)16-19)31-23-10-12-24(13-11-23)32-27-8-4-2-6-25(27)30-26-7-3-5-9-28(26)32;1-29(21-15-19-14-20(17-21)18-22(29)16-19)30-23-10-12-24(13-11-23)31-27-8-4-2-6-25(27)26-7-3-5-9-28(26)31;1-25(17-7-2-8-18-25)26-19-13-15-20(16-14-19)27-23-11-5-3-9-21(23)22-10-4-6-12-24(22)27;1-2-25(19-9-10-20-25)26-21-15-17-24(18-16-21)27(22-11-5-3-6-12-22)23-13-7-4-8-14-23/h2-13,19-22H,14-18H2,1H3;2-13,19-22H,14-18H2,1H3;3-6,9-16H,2,7-8,17-18H2,1H3;3-8,11-18H,2,9-10,19-20H2,1H3/q4*+1. The molecule has 8 bridgehead atoms. The molecule has 25 rings (SSSR count). The summed E-state index contributed by atoms with van der Waals surface area (Å²) in [6.45, 7) is 9.34. The first-order valence-corrected chi connectivity index (χ1v) is 48.8. The molecule has 2 aromatic heterocycles. The first-order valence-electron chi connectivity index (χ1n) is 43.9. The largest absolute Gasteiger partial charge is 0.488 e. The van der Waals surface area contributed by atoms with Crippen LogP contribution in [0.5, 0.6) is 34.5 Å². The molecule has 0 radical (unpaired) electrons. The highest BCUT2D eigenvalue weighted by atomic mass is 32.2. The van der Waals surface area contributed by atoms with Gasteiger partial charge in [0.25, 0.3) is 0 Å². The smallest absolute Gasteiger partial charge is 0.209 e. The number of benzene rings is 12. The molecule has 0 spiro atoms. The van der Waals surface area contributed by atoms with Crippen LogP contribution >= 0.6 is 20.9 Å². The number of ether oxygens (including phenoxy) is 5. The molecule has 9 heteroatoms. The van der Waals surface area contributed by atoms with Crippen LogP contribution in [0.25, 0.3) is 50.1 Å². The molecule has 10 saturated carbocycles. The van der Waals surface area contributed by atoms with Crippen molar-refractivity contribution in [1.29, 1.82) is 0 Å². The van der Waals surface area contributed by atoms with Gasteiger partial charge in [-0.25, -0.2) is 0 Å². The van der Waals surface area contributed by atoms with Gasteiger partial charge in [-0.3, -0.25) is 0 Å². The van der Waals surface area contributed by atoms with Gasteiger partial charge in [-0.15, -0.1) is 0 Å². The van der Waals surface area contributed by atoms with E-state index in [4.69, 9.17) is 23.7 Å². The van der Waals surface area contributed by atoms with Crippen molar-refractivity contribution < 1.29 is 23.7 Å². The predicted molar refractivity (Wildman–Crippen MR) is 490 cm³/mol. The molecule has 12 aromatic carbocycles. The fourth-order valence-electron chi connectivity index (χ4n) is 22.8. The summed E-state index contributed by atoms with van der Waals surface area (Å²) in [5, 5.41) is 5.55. The molecule has 5 nitrogen and oxygen atoms in total. The van der Waals surface area contributed by atoms with Crippen LogP contribution in [0.4, 0.5) is 0 Å². The van der Waals surface area contributed by atoms with Crippen molar-refractivity contribution in [2.45, 2.75) is 208 Å². The van der Waals surface area contributed by atoms with Gasteiger partial charge in [-0.05, 0) is 360 Å². The maximum Gasteiger partial charge on any atom is 0.209 e. The minimum Gasteiger partial charge on any atom is -0.488 e. The fourth-order valence-corrected chi connectivity index (χ4v) is 31.8. The second-order valence-electron chi connectivity index (χ2n) is 35.9. The zero-order valence-corrected chi connectivity index (χ0v) is 71.6.